The molecule has 19 heavy (non-hydrogen) atoms. The predicted octanol–water partition coefficient (Wildman–Crippen LogP) is 2.08. The zero-order valence-electron chi connectivity index (χ0n) is 11.5. The summed E-state index contributed by atoms with van der Waals surface area (Å²) in [6.45, 7) is 4.27. The van der Waals surface area contributed by atoms with Gasteiger partial charge in [-0.2, -0.15) is 0 Å². The summed E-state index contributed by atoms with van der Waals surface area (Å²) in [5, 5.41) is 2.95. The van der Waals surface area contributed by atoms with Crippen LogP contribution in [0, 0.1) is 0 Å². The summed E-state index contributed by atoms with van der Waals surface area (Å²) in [4.78, 5) is 18.3. The molecule has 1 N–H and O–H groups in total. The molecular formula is C15H23N3O. The fraction of sp³-hybridized carbons (Fsp3) is 0.600. The first-order chi connectivity index (χ1) is 9.36. The molecule has 1 aromatic heterocycles. The number of nitrogens with one attached hydrogen (secondary N) is 1. The summed E-state index contributed by atoms with van der Waals surface area (Å²) in [5.74, 6) is -0.0241. The Morgan fingerprint density at radius 3 is 2.74 bits per heavy atom. The van der Waals surface area contributed by atoms with Crippen molar-refractivity contribution in [2.45, 2.75) is 32.1 Å². The standard InChI is InChI=1S/C15H23N3O/c19-15(14-7-5-8-16-13-14)17-9-6-12-18-10-3-1-2-4-11-18/h5,7-8,13H,1-4,6,9-12H2,(H,17,19). The van der Waals surface area contributed by atoms with Gasteiger partial charge in [-0.1, -0.05) is 12.8 Å². The number of carbonyl (C=O) groups is 1. The highest BCUT2D eigenvalue weighted by Gasteiger charge is 2.09. The van der Waals surface area contributed by atoms with E-state index in [0.717, 1.165) is 19.5 Å². The molecular weight excluding hydrogens is 238 g/mol. The minimum Gasteiger partial charge on any atom is -0.352 e. The normalized spacial score (nSPS) is 16.8. The van der Waals surface area contributed by atoms with Crippen LogP contribution in [0.15, 0.2) is 24.5 Å². The van der Waals surface area contributed by atoms with Crippen molar-refractivity contribution in [2.75, 3.05) is 26.2 Å². The molecule has 0 bridgehead atoms. The van der Waals surface area contributed by atoms with Gasteiger partial charge in [0.25, 0.3) is 5.91 Å². The highest BCUT2D eigenvalue weighted by Crippen LogP contribution is 2.09. The third-order valence-electron chi connectivity index (χ3n) is 3.56. The third kappa shape index (κ3) is 4.99. The molecule has 0 unspecified atom stereocenters. The van der Waals surface area contributed by atoms with E-state index in [4.69, 9.17) is 0 Å². The molecule has 0 aromatic carbocycles. The Labute approximate surface area is 115 Å². The van der Waals surface area contributed by atoms with E-state index >= 15 is 0 Å². The Hall–Kier alpha value is -1.42. The van der Waals surface area contributed by atoms with E-state index in [1.165, 1.54) is 38.8 Å². The molecule has 2 rings (SSSR count). The van der Waals surface area contributed by atoms with Gasteiger partial charge in [-0.05, 0) is 51.0 Å². The van der Waals surface area contributed by atoms with Gasteiger partial charge in [-0.3, -0.25) is 9.78 Å². The average molecular weight is 261 g/mol. The van der Waals surface area contributed by atoms with Crippen LogP contribution >= 0.6 is 0 Å². The van der Waals surface area contributed by atoms with E-state index in [0.29, 0.717) is 5.56 Å². The monoisotopic (exact) mass is 261 g/mol. The Kier molecular flexibility index (Phi) is 5.82. The second kappa shape index (κ2) is 7.89. The molecule has 1 aromatic rings. The first kappa shape index (κ1) is 14.0. The molecule has 0 spiro atoms. The Bertz CT molecular complexity index is 372. The summed E-state index contributed by atoms with van der Waals surface area (Å²) in [6, 6.07) is 3.57. The maximum Gasteiger partial charge on any atom is 0.252 e. The number of carbonyl (C=O) groups excluding carboxylic acids is 1. The van der Waals surface area contributed by atoms with E-state index < -0.39 is 0 Å². The third-order valence-corrected chi connectivity index (χ3v) is 3.56. The van der Waals surface area contributed by atoms with Crippen molar-refractivity contribution in [3.05, 3.63) is 30.1 Å². The van der Waals surface area contributed by atoms with Gasteiger partial charge in [-0.15, -0.1) is 0 Å². The largest absolute Gasteiger partial charge is 0.352 e. The summed E-state index contributed by atoms with van der Waals surface area (Å²) >= 11 is 0. The van der Waals surface area contributed by atoms with Crippen LogP contribution in [0.2, 0.25) is 0 Å². The van der Waals surface area contributed by atoms with Crippen molar-refractivity contribution in [2.24, 2.45) is 0 Å². The van der Waals surface area contributed by atoms with E-state index in [-0.39, 0.29) is 5.91 Å². The molecule has 1 saturated heterocycles. The van der Waals surface area contributed by atoms with Crippen LogP contribution in [0.1, 0.15) is 42.5 Å². The number of aromatic nitrogens is 1. The summed E-state index contributed by atoms with van der Waals surface area (Å²) in [7, 11) is 0. The Balaban J connectivity index is 1.62. The number of amides is 1. The number of rotatable bonds is 5. The number of nitrogens with zero attached hydrogens (tertiary/aromatic N) is 2. The van der Waals surface area contributed by atoms with Crippen LogP contribution in [-0.2, 0) is 0 Å². The van der Waals surface area contributed by atoms with Gasteiger partial charge in [0.1, 0.15) is 0 Å². The van der Waals surface area contributed by atoms with Crippen LogP contribution in [0.5, 0.6) is 0 Å². The van der Waals surface area contributed by atoms with E-state index in [1.807, 2.05) is 0 Å². The molecule has 104 valence electrons. The maximum absolute atomic E-state index is 11.8. The molecule has 0 atom stereocenters. The molecule has 2 heterocycles. The highest BCUT2D eigenvalue weighted by atomic mass is 16.1. The highest BCUT2D eigenvalue weighted by molar-refractivity contribution is 5.93. The molecule has 4 nitrogen and oxygen atoms in total. The molecule has 1 amide bonds. The molecule has 1 aliphatic heterocycles. The quantitative estimate of drug-likeness (QED) is 0.825. The van der Waals surface area contributed by atoms with Gasteiger partial charge in [-0.25, -0.2) is 0 Å². The molecule has 1 aliphatic rings. The second-order valence-corrected chi connectivity index (χ2v) is 5.11. The van der Waals surface area contributed by atoms with Gasteiger partial charge in [0.15, 0.2) is 0 Å². The smallest absolute Gasteiger partial charge is 0.252 e. The average Bonchev–Trinajstić information content (AvgIpc) is 2.73. The van der Waals surface area contributed by atoms with Crippen LogP contribution in [0.25, 0.3) is 0 Å². The van der Waals surface area contributed by atoms with Crippen molar-refractivity contribution in [3.63, 3.8) is 0 Å². The molecule has 4 heteroatoms. The first-order valence-electron chi connectivity index (χ1n) is 7.27. The minimum atomic E-state index is -0.0241. The SMILES string of the molecule is O=C(NCCCN1CCCCCC1)c1cccnc1. The lowest BCUT2D eigenvalue weighted by Crippen LogP contribution is -2.30. The number of likely N-dealkylation sites (tertiary alicyclic amines) is 1. The van der Waals surface area contributed by atoms with Crippen LogP contribution in [-0.4, -0.2) is 42.0 Å². The number of hydrogen-bond donors (Lipinski definition) is 1. The summed E-state index contributed by atoms with van der Waals surface area (Å²) in [5.41, 5.74) is 0.636. The van der Waals surface area contributed by atoms with Gasteiger partial charge >= 0.3 is 0 Å². The van der Waals surface area contributed by atoms with Gasteiger partial charge in [0.05, 0.1) is 5.56 Å². The Morgan fingerprint density at radius 1 is 1.26 bits per heavy atom. The molecule has 0 aliphatic carbocycles. The number of hydrogen-bond acceptors (Lipinski definition) is 3. The lowest BCUT2D eigenvalue weighted by atomic mass is 10.2. The second-order valence-electron chi connectivity index (χ2n) is 5.11. The molecule has 0 saturated carbocycles. The van der Waals surface area contributed by atoms with Crippen LogP contribution in [0.4, 0.5) is 0 Å². The number of pyridine rings is 1. The lowest BCUT2D eigenvalue weighted by Gasteiger charge is -2.19. The predicted molar refractivity (Wildman–Crippen MR) is 76.1 cm³/mol. The lowest BCUT2D eigenvalue weighted by molar-refractivity contribution is 0.0951. The van der Waals surface area contributed by atoms with Crippen molar-refractivity contribution in [1.29, 1.82) is 0 Å². The van der Waals surface area contributed by atoms with E-state index in [2.05, 4.69) is 15.2 Å². The van der Waals surface area contributed by atoms with E-state index in [1.54, 1.807) is 24.5 Å². The fourth-order valence-electron chi connectivity index (χ4n) is 2.46. The molecule has 0 radical (unpaired) electrons. The first-order valence-corrected chi connectivity index (χ1v) is 7.27. The fourth-order valence-corrected chi connectivity index (χ4v) is 2.46. The van der Waals surface area contributed by atoms with Crippen molar-refractivity contribution in [1.82, 2.24) is 15.2 Å². The summed E-state index contributed by atoms with van der Waals surface area (Å²) in [6.07, 6.45) is 9.68. The topological polar surface area (TPSA) is 45.2 Å². The zero-order valence-corrected chi connectivity index (χ0v) is 11.5. The van der Waals surface area contributed by atoms with Gasteiger partial charge < -0.3 is 10.2 Å². The van der Waals surface area contributed by atoms with Crippen LogP contribution < -0.4 is 5.32 Å². The van der Waals surface area contributed by atoms with Crippen LogP contribution in [0.3, 0.4) is 0 Å². The van der Waals surface area contributed by atoms with Gasteiger partial charge in [0.2, 0.25) is 0 Å². The maximum atomic E-state index is 11.8. The summed E-state index contributed by atoms with van der Waals surface area (Å²) < 4.78 is 0. The van der Waals surface area contributed by atoms with Crippen molar-refractivity contribution in [3.8, 4) is 0 Å². The van der Waals surface area contributed by atoms with E-state index in [9.17, 15) is 4.79 Å². The van der Waals surface area contributed by atoms with Gasteiger partial charge in [0, 0.05) is 18.9 Å². The van der Waals surface area contributed by atoms with Crippen molar-refractivity contribution >= 4 is 5.91 Å². The molecule has 1 fully saturated rings. The zero-order chi connectivity index (χ0) is 13.3. The van der Waals surface area contributed by atoms with Crippen molar-refractivity contribution < 1.29 is 4.79 Å². The minimum absolute atomic E-state index is 0.0241. The Morgan fingerprint density at radius 2 is 2.05 bits per heavy atom.